The van der Waals surface area contributed by atoms with Gasteiger partial charge in [0.2, 0.25) is 11.8 Å². The molecule has 3 rings (SSSR count). The summed E-state index contributed by atoms with van der Waals surface area (Å²) in [7, 11) is 0. The van der Waals surface area contributed by atoms with Crippen molar-refractivity contribution in [1.29, 1.82) is 0 Å². The third-order valence-electron chi connectivity index (χ3n) is 4.83. The van der Waals surface area contributed by atoms with Gasteiger partial charge in [0.25, 0.3) is 5.69 Å². The Morgan fingerprint density at radius 1 is 1.15 bits per heavy atom. The van der Waals surface area contributed by atoms with Crippen LogP contribution in [0.25, 0.3) is 6.08 Å². The average Bonchev–Trinajstić information content (AvgIpc) is 3.11. The number of amides is 2. The summed E-state index contributed by atoms with van der Waals surface area (Å²) in [5.41, 5.74) is 2.70. The number of aryl methyl sites for hydroxylation is 2. The second kappa shape index (κ2) is 10.1. The summed E-state index contributed by atoms with van der Waals surface area (Å²) in [5.74, 6) is -0.772. The molecular weight excluding hydrogens is 446 g/mol. The van der Waals surface area contributed by atoms with Crippen molar-refractivity contribution in [2.45, 2.75) is 26.8 Å². The van der Waals surface area contributed by atoms with Crippen molar-refractivity contribution in [3.8, 4) is 0 Å². The summed E-state index contributed by atoms with van der Waals surface area (Å²) in [6, 6.07) is 12.1. The Morgan fingerprint density at radius 2 is 1.88 bits per heavy atom. The molecule has 0 spiro atoms. The zero-order valence-electron chi connectivity index (χ0n) is 18.2. The number of halogens is 1. The van der Waals surface area contributed by atoms with Crippen molar-refractivity contribution in [3.05, 3.63) is 86.7 Å². The predicted molar refractivity (Wildman–Crippen MR) is 127 cm³/mol. The van der Waals surface area contributed by atoms with Crippen LogP contribution in [0.1, 0.15) is 29.9 Å². The third kappa shape index (κ3) is 5.83. The molecule has 1 heterocycles. The van der Waals surface area contributed by atoms with Crippen molar-refractivity contribution in [2.24, 2.45) is 0 Å². The summed E-state index contributed by atoms with van der Waals surface area (Å²) >= 11 is 6.29. The van der Waals surface area contributed by atoms with Gasteiger partial charge in [-0.15, -0.1) is 0 Å². The van der Waals surface area contributed by atoms with Crippen LogP contribution in [0.2, 0.25) is 5.02 Å². The number of para-hydroxylation sites is 1. The van der Waals surface area contributed by atoms with E-state index in [0.717, 1.165) is 11.4 Å². The topological polar surface area (TPSA) is 119 Å². The number of carbonyl (C=O) groups excluding carboxylic acids is 2. The first-order valence-corrected chi connectivity index (χ1v) is 10.4. The van der Waals surface area contributed by atoms with Crippen LogP contribution in [0.4, 0.5) is 17.1 Å². The highest BCUT2D eigenvalue weighted by Gasteiger charge is 2.19. The van der Waals surface area contributed by atoms with Crippen LogP contribution in [-0.4, -0.2) is 26.5 Å². The fraction of sp³-hybridized carbons (Fsp3) is 0.174. The van der Waals surface area contributed by atoms with E-state index >= 15 is 0 Å². The second-order valence-corrected chi connectivity index (χ2v) is 7.78. The molecule has 2 N–H and O–H groups in total. The summed E-state index contributed by atoms with van der Waals surface area (Å²) in [4.78, 5) is 35.4. The third-order valence-corrected chi connectivity index (χ3v) is 5.15. The summed E-state index contributed by atoms with van der Waals surface area (Å²) in [6.45, 7) is 5.47. The van der Waals surface area contributed by atoms with Crippen LogP contribution in [0.15, 0.2) is 54.6 Å². The number of rotatable bonds is 7. The number of nitrogens with one attached hydrogen (secondary N) is 2. The van der Waals surface area contributed by atoms with Gasteiger partial charge in [-0.2, -0.15) is 5.10 Å². The van der Waals surface area contributed by atoms with E-state index in [-0.39, 0.29) is 16.6 Å². The van der Waals surface area contributed by atoms with Crippen LogP contribution in [0.5, 0.6) is 0 Å². The van der Waals surface area contributed by atoms with Gasteiger partial charge < -0.3 is 10.6 Å². The van der Waals surface area contributed by atoms with E-state index in [1.807, 2.05) is 19.9 Å². The summed E-state index contributed by atoms with van der Waals surface area (Å²) in [5, 5.41) is 21.0. The van der Waals surface area contributed by atoms with Crippen LogP contribution < -0.4 is 10.6 Å². The van der Waals surface area contributed by atoms with E-state index in [1.54, 1.807) is 41.9 Å². The van der Waals surface area contributed by atoms with Crippen molar-refractivity contribution in [2.75, 3.05) is 10.6 Å². The molecule has 0 aliphatic rings. The van der Waals surface area contributed by atoms with Crippen LogP contribution in [0, 0.1) is 24.0 Å². The van der Waals surface area contributed by atoms with Crippen LogP contribution >= 0.6 is 11.6 Å². The standard InChI is InChI=1S/C23H22ClN5O4/c1-14-12-15(2)28(27-14)16(3)23(31)26-20-10-9-18(13-19(20)24)25-22(30)11-8-17-6-4-5-7-21(17)29(32)33/h4-13,16H,1-3H3,(H,25,30)(H,26,31)/b11-8+/t16-/m1/s1. The Kier molecular flexibility index (Phi) is 7.24. The Bertz CT molecular complexity index is 1250. The average molecular weight is 468 g/mol. The molecule has 10 heteroatoms. The monoisotopic (exact) mass is 467 g/mol. The predicted octanol–water partition coefficient (Wildman–Crippen LogP) is 4.91. The number of aromatic nitrogens is 2. The molecule has 9 nitrogen and oxygen atoms in total. The van der Waals surface area contributed by atoms with Gasteiger partial charge in [-0.3, -0.25) is 24.4 Å². The Labute approximate surface area is 195 Å². The Morgan fingerprint density at radius 3 is 2.52 bits per heavy atom. The number of hydrogen-bond acceptors (Lipinski definition) is 5. The number of nitro groups is 1. The number of benzene rings is 2. The minimum atomic E-state index is -0.540. The summed E-state index contributed by atoms with van der Waals surface area (Å²) < 4.78 is 1.64. The molecule has 0 bridgehead atoms. The molecule has 0 radical (unpaired) electrons. The van der Waals surface area contributed by atoms with Crippen LogP contribution in [0.3, 0.4) is 0 Å². The van der Waals surface area contributed by atoms with Crippen molar-refractivity contribution >= 4 is 46.6 Å². The van der Waals surface area contributed by atoms with E-state index in [9.17, 15) is 19.7 Å². The van der Waals surface area contributed by atoms with E-state index in [2.05, 4.69) is 15.7 Å². The largest absolute Gasteiger partial charge is 0.323 e. The lowest BCUT2D eigenvalue weighted by Gasteiger charge is -2.15. The molecule has 0 aliphatic carbocycles. The van der Waals surface area contributed by atoms with Crippen molar-refractivity contribution in [1.82, 2.24) is 9.78 Å². The van der Waals surface area contributed by atoms with Gasteiger partial charge in [-0.05, 0) is 57.2 Å². The molecule has 1 aromatic heterocycles. The molecule has 170 valence electrons. The molecule has 0 fully saturated rings. The lowest BCUT2D eigenvalue weighted by atomic mass is 10.1. The van der Waals surface area contributed by atoms with Gasteiger partial charge in [0.1, 0.15) is 6.04 Å². The molecule has 0 saturated heterocycles. The first kappa shape index (κ1) is 23.7. The number of anilines is 2. The number of carbonyl (C=O) groups is 2. The van der Waals surface area contributed by atoms with Gasteiger partial charge in [0, 0.05) is 23.5 Å². The zero-order valence-corrected chi connectivity index (χ0v) is 19.0. The maximum atomic E-state index is 12.6. The molecule has 0 aliphatic heterocycles. The van der Waals surface area contributed by atoms with E-state index in [4.69, 9.17) is 11.6 Å². The lowest BCUT2D eigenvalue weighted by Crippen LogP contribution is -2.25. The Hall–Kier alpha value is -3.98. The number of nitro benzene ring substituents is 1. The highest BCUT2D eigenvalue weighted by atomic mass is 35.5. The SMILES string of the molecule is Cc1cc(C)n([C@H](C)C(=O)Nc2ccc(NC(=O)/C=C/c3ccccc3[N+](=O)[O-])cc2Cl)n1. The smallest absolute Gasteiger partial charge is 0.276 e. The molecule has 3 aromatic rings. The van der Waals surface area contributed by atoms with Crippen LogP contribution in [-0.2, 0) is 9.59 Å². The first-order chi connectivity index (χ1) is 15.7. The van der Waals surface area contributed by atoms with E-state index in [1.165, 1.54) is 24.3 Å². The highest BCUT2D eigenvalue weighted by molar-refractivity contribution is 6.34. The molecule has 0 saturated carbocycles. The fourth-order valence-corrected chi connectivity index (χ4v) is 3.45. The van der Waals surface area contributed by atoms with Gasteiger partial charge in [0.15, 0.2) is 0 Å². The Balaban J connectivity index is 1.66. The van der Waals surface area contributed by atoms with E-state index < -0.39 is 16.9 Å². The first-order valence-electron chi connectivity index (χ1n) is 10.0. The molecule has 1 atom stereocenters. The lowest BCUT2D eigenvalue weighted by molar-refractivity contribution is -0.385. The van der Waals surface area contributed by atoms with Crippen molar-refractivity contribution < 1.29 is 14.5 Å². The molecule has 33 heavy (non-hydrogen) atoms. The normalized spacial score (nSPS) is 11.9. The molecular formula is C23H22ClN5O4. The maximum absolute atomic E-state index is 12.6. The van der Waals surface area contributed by atoms with Crippen molar-refractivity contribution in [3.63, 3.8) is 0 Å². The highest BCUT2D eigenvalue weighted by Crippen LogP contribution is 2.27. The quantitative estimate of drug-likeness (QED) is 0.290. The van der Waals surface area contributed by atoms with Gasteiger partial charge in [-0.25, -0.2) is 0 Å². The van der Waals surface area contributed by atoms with Gasteiger partial charge in [0.05, 0.1) is 26.9 Å². The van der Waals surface area contributed by atoms with E-state index in [0.29, 0.717) is 16.9 Å². The fourth-order valence-electron chi connectivity index (χ4n) is 3.22. The van der Waals surface area contributed by atoms with Gasteiger partial charge in [-0.1, -0.05) is 23.7 Å². The second-order valence-electron chi connectivity index (χ2n) is 7.37. The zero-order chi connectivity index (χ0) is 24.1. The molecule has 2 aromatic carbocycles. The maximum Gasteiger partial charge on any atom is 0.276 e. The summed E-state index contributed by atoms with van der Waals surface area (Å²) in [6.07, 6.45) is 2.56. The number of hydrogen-bond donors (Lipinski definition) is 2. The molecule has 0 unspecified atom stereocenters. The minimum Gasteiger partial charge on any atom is -0.323 e. The molecule has 2 amide bonds. The minimum absolute atomic E-state index is 0.0978. The van der Waals surface area contributed by atoms with Gasteiger partial charge >= 0.3 is 0 Å². The number of nitrogens with zero attached hydrogens (tertiary/aromatic N) is 3.